The van der Waals surface area contributed by atoms with Crippen molar-refractivity contribution < 1.29 is 13.7 Å². The van der Waals surface area contributed by atoms with Crippen LogP contribution in [0.15, 0.2) is 59.3 Å². The molecule has 0 spiro atoms. The van der Waals surface area contributed by atoms with Gasteiger partial charge in [0.25, 0.3) is 5.91 Å². The molecule has 28 heavy (non-hydrogen) atoms. The van der Waals surface area contributed by atoms with E-state index >= 15 is 0 Å². The molecule has 0 saturated heterocycles. The van der Waals surface area contributed by atoms with E-state index in [1.165, 1.54) is 12.1 Å². The maximum Gasteiger partial charge on any atom is 0.261 e. The smallest absolute Gasteiger partial charge is 0.261 e. The zero-order valence-electron chi connectivity index (χ0n) is 15.7. The number of aryl methyl sites for hydroxylation is 2. The van der Waals surface area contributed by atoms with Gasteiger partial charge in [0.2, 0.25) is 0 Å². The van der Waals surface area contributed by atoms with Gasteiger partial charge in [-0.2, -0.15) is 0 Å². The van der Waals surface area contributed by atoms with Gasteiger partial charge in [-0.1, -0.05) is 12.1 Å². The molecule has 0 bridgehead atoms. The summed E-state index contributed by atoms with van der Waals surface area (Å²) < 4.78 is 20.6. The second-order valence-electron chi connectivity index (χ2n) is 6.71. The molecule has 2 aromatic heterocycles. The molecule has 2 heterocycles. The first-order valence-electron chi connectivity index (χ1n) is 9.19. The van der Waals surface area contributed by atoms with Crippen molar-refractivity contribution in [3.05, 3.63) is 71.9 Å². The van der Waals surface area contributed by atoms with Gasteiger partial charge in [0.05, 0.1) is 0 Å². The van der Waals surface area contributed by atoms with Crippen LogP contribution >= 0.6 is 0 Å². The summed E-state index contributed by atoms with van der Waals surface area (Å²) in [5.41, 5.74) is 3.18. The largest absolute Gasteiger partial charge is 0.360 e. The Morgan fingerprint density at radius 2 is 1.96 bits per heavy atom. The molecule has 4 rings (SSSR count). The van der Waals surface area contributed by atoms with Crippen molar-refractivity contribution in [2.45, 2.75) is 26.8 Å². The average molecular weight is 377 g/mol. The third-order valence-corrected chi connectivity index (χ3v) is 4.70. The van der Waals surface area contributed by atoms with E-state index in [4.69, 9.17) is 4.52 Å². The quantitative estimate of drug-likeness (QED) is 0.506. The topological polar surface area (TPSA) is 60.1 Å². The highest BCUT2D eigenvalue weighted by atomic mass is 19.1. The Balaban J connectivity index is 1.63. The van der Waals surface area contributed by atoms with Gasteiger partial charge >= 0.3 is 0 Å². The summed E-state index contributed by atoms with van der Waals surface area (Å²) in [7, 11) is 0. The van der Waals surface area contributed by atoms with E-state index < -0.39 is 0 Å². The molecule has 142 valence electrons. The summed E-state index contributed by atoms with van der Waals surface area (Å²) in [5, 5.41) is 7.97. The minimum atomic E-state index is -0.349. The molecule has 2 aromatic carbocycles. The number of halogens is 1. The Hall–Kier alpha value is -3.41. The first kappa shape index (κ1) is 18.0. The minimum Gasteiger partial charge on any atom is -0.360 e. The van der Waals surface area contributed by atoms with Crippen LogP contribution < -0.4 is 5.32 Å². The molecule has 0 saturated carbocycles. The van der Waals surface area contributed by atoms with Crippen molar-refractivity contribution in [3.8, 4) is 11.3 Å². The van der Waals surface area contributed by atoms with E-state index in [2.05, 4.69) is 28.2 Å². The van der Waals surface area contributed by atoms with Crippen LogP contribution in [0, 0.1) is 12.7 Å². The molecule has 4 aromatic rings. The number of aromatic nitrogens is 2. The SMILES string of the molecule is CCCn1ccc2cc(NC(=O)c3c(-c4ccc(F)cc4)noc3C)ccc21. The second kappa shape index (κ2) is 7.31. The summed E-state index contributed by atoms with van der Waals surface area (Å²) in [6.07, 6.45) is 3.11. The summed E-state index contributed by atoms with van der Waals surface area (Å²) in [6, 6.07) is 13.7. The zero-order chi connectivity index (χ0) is 19.7. The first-order valence-corrected chi connectivity index (χ1v) is 9.19. The average Bonchev–Trinajstić information content (AvgIpc) is 3.26. The zero-order valence-corrected chi connectivity index (χ0v) is 15.7. The summed E-state index contributed by atoms with van der Waals surface area (Å²) in [5.74, 6) is -0.254. The molecule has 0 atom stereocenters. The molecule has 0 aliphatic carbocycles. The molecule has 0 radical (unpaired) electrons. The van der Waals surface area contributed by atoms with Crippen LogP contribution in [0.3, 0.4) is 0 Å². The van der Waals surface area contributed by atoms with Crippen LogP contribution in [0.25, 0.3) is 22.2 Å². The van der Waals surface area contributed by atoms with Gasteiger partial charge in [-0.05, 0) is 61.9 Å². The highest BCUT2D eigenvalue weighted by Gasteiger charge is 2.22. The van der Waals surface area contributed by atoms with Gasteiger partial charge in [-0.25, -0.2) is 4.39 Å². The van der Waals surface area contributed by atoms with Crippen molar-refractivity contribution in [2.24, 2.45) is 0 Å². The van der Waals surface area contributed by atoms with E-state index in [1.807, 2.05) is 24.3 Å². The van der Waals surface area contributed by atoms with Crippen LogP contribution in [-0.2, 0) is 6.54 Å². The third-order valence-electron chi connectivity index (χ3n) is 4.70. The summed E-state index contributed by atoms with van der Waals surface area (Å²) in [6.45, 7) is 4.78. The standard InChI is InChI=1S/C22H20FN3O2/c1-3-11-26-12-10-16-13-18(8-9-19(16)26)24-22(27)20-14(2)28-25-21(20)15-4-6-17(23)7-5-15/h4-10,12-13H,3,11H2,1-2H3,(H,24,27). The molecule has 5 nitrogen and oxygen atoms in total. The lowest BCUT2D eigenvalue weighted by molar-refractivity contribution is 0.102. The Bertz CT molecular complexity index is 1140. The molecule has 0 aliphatic rings. The minimum absolute atomic E-state index is 0.314. The molecular weight excluding hydrogens is 357 g/mol. The highest BCUT2D eigenvalue weighted by molar-refractivity contribution is 6.09. The number of nitrogens with one attached hydrogen (secondary N) is 1. The van der Waals surface area contributed by atoms with Crippen LogP contribution in [-0.4, -0.2) is 15.6 Å². The number of benzene rings is 2. The number of hydrogen-bond acceptors (Lipinski definition) is 3. The predicted octanol–water partition coefficient (Wildman–Crippen LogP) is 5.41. The number of fused-ring (bicyclic) bond motifs is 1. The number of carbonyl (C=O) groups excluding carboxylic acids is 1. The summed E-state index contributed by atoms with van der Waals surface area (Å²) in [4.78, 5) is 12.9. The van der Waals surface area contributed by atoms with E-state index in [9.17, 15) is 9.18 Å². The molecular formula is C22H20FN3O2. The molecule has 6 heteroatoms. The molecule has 1 amide bonds. The van der Waals surface area contributed by atoms with E-state index in [1.54, 1.807) is 19.1 Å². The lowest BCUT2D eigenvalue weighted by Crippen LogP contribution is -2.13. The van der Waals surface area contributed by atoms with Gasteiger partial charge < -0.3 is 14.4 Å². The normalized spacial score (nSPS) is 11.1. The van der Waals surface area contributed by atoms with Crippen molar-refractivity contribution >= 4 is 22.5 Å². The Labute approximate surface area is 161 Å². The molecule has 0 aliphatic heterocycles. The molecule has 0 fully saturated rings. The Morgan fingerprint density at radius 3 is 2.71 bits per heavy atom. The van der Waals surface area contributed by atoms with Crippen LogP contribution in [0.2, 0.25) is 0 Å². The predicted molar refractivity (Wildman–Crippen MR) is 107 cm³/mol. The lowest BCUT2D eigenvalue weighted by Gasteiger charge is -2.08. The molecule has 1 N–H and O–H groups in total. The van der Waals surface area contributed by atoms with E-state index in [-0.39, 0.29) is 11.7 Å². The lowest BCUT2D eigenvalue weighted by atomic mass is 10.1. The van der Waals surface area contributed by atoms with Crippen LogP contribution in [0.4, 0.5) is 10.1 Å². The fourth-order valence-corrected chi connectivity index (χ4v) is 3.35. The van der Waals surface area contributed by atoms with Crippen molar-refractivity contribution in [3.63, 3.8) is 0 Å². The van der Waals surface area contributed by atoms with Gasteiger partial charge in [0, 0.05) is 34.9 Å². The number of anilines is 1. The number of amides is 1. The maximum atomic E-state index is 13.2. The van der Waals surface area contributed by atoms with Crippen molar-refractivity contribution in [2.75, 3.05) is 5.32 Å². The van der Waals surface area contributed by atoms with Crippen LogP contribution in [0.5, 0.6) is 0 Å². The molecule has 0 unspecified atom stereocenters. The van der Waals surface area contributed by atoms with Crippen molar-refractivity contribution in [1.82, 2.24) is 9.72 Å². The van der Waals surface area contributed by atoms with Crippen LogP contribution in [0.1, 0.15) is 29.5 Å². The maximum absolute atomic E-state index is 13.2. The van der Waals surface area contributed by atoms with Gasteiger partial charge in [-0.3, -0.25) is 4.79 Å². The van der Waals surface area contributed by atoms with Gasteiger partial charge in [-0.15, -0.1) is 0 Å². The number of carbonyl (C=O) groups is 1. The fraction of sp³-hybridized carbons (Fsp3) is 0.182. The van der Waals surface area contributed by atoms with Gasteiger partial charge in [0.1, 0.15) is 22.8 Å². The number of nitrogens with zero attached hydrogens (tertiary/aromatic N) is 2. The van der Waals surface area contributed by atoms with E-state index in [0.717, 1.165) is 23.9 Å². The summed E-state index contributed by atoms with van der Waals surface area (Å²) >= 11 is 0. The second-order valence-corrected chi connectivity index (χ2v) is 6.71. The monoisotopic (exact) mass is 377 g/mol. The number of hydrogen-bond donors (Lipinski definition) is 1. The van der Waals surface area contributed by atoms with E-state index in [0.29, 0.717) is 28.3 Å². The van der Waals surface area contributed by atoms with Crippen molar-refractivity contribution in [1.29, 1.82) is 0 Å². The third kappa shape index (κ3) is 3.29. The fourth-order valence-electron chi connectivity index (χ4n) is 3.35. The Kier molecular flexibility index (Phi) is 4.69. The van der Waals surface area contributed by atoms with Gasteiger partial charge in [0.15, 0.2) is 0 Å². The number of rotatable bonds is 5. The Morgan fingerprint density at radius 1 is 1.18 bits per heavy atom. The first-order chi connectivity index (χ1) is 13.6. The highest BCUT2D eigenvalue weighted by Crippen LogP contribution is 2.27.